The Labute approximate surface area is 100 Å². The molecule has 0 aromatic carbocycles. The molecule has 84 valence electrons. The molecule has 0 unspecified atom stereocenters. The van der Waals surface area contributed by atoms with Crippen molar-refractivity contribution in [2.45, 2.75) is 0 Å². The highest BCUT2D eigenvalue weighted by Crippen LogP contribution is 2.28. The van der Waals surface area contributed by atoms with Gasteiger partial charge in [-0.3, -0.25) is 9.59 Å². The Bertz CT molecular complexity index is 697. The molecule has 0 saturated heterocycles. The summed E-state index contributed by atoms with van der Waals surface area (Å²) in [6, 6.07) is 3.92. The molecule has 0 spiro atoms. The highest BCUT2D eigenvalue weighted by atomic mass is 16.3. The summed E-state index contributed by atoms with van der Waals surface area (Å²) in [5, 5.41) is 45.9. The number of hydrogen-bond donors (Lipinski definition) is 0. The van der Waals surface area contributed by atoms with Crippen LogP contribution in [0.2, 0.25) is 0 Å². The molecule has 1 aliphatic carbocycles. The average molecular weight is 236 g/mol. The van der Waals surface area contributed by atoms with Gasteiger partial charge >= 0.3 is 0 Å². The van der Waals surface area contributed by atoms with Gasteiger partial charge in [0, 0.05) is 11.1 Å². The van der Waals surface area contributed by atoms with Crippen molar-refractivity contribution in [3.05, 3.63) is 33.5 Å². The van der Waals surface area contributed by atoms with Crippen LogP contribution in [0.1, 0.15) is 0 Å². The second-order valence-corrected chi connectivity index (χ2v) is 2.93. The Kier molecular flexibility index (Phi) is 3.21. The summed E-state index contributed by atoms with van der Waals surface area (Å²) in [4.78, 5) is 22.9. The minimum Gasteiger partial charge on any atom is -0.871 e. The molecule has 1 rings (SSSR count). The average Bonchev–Trinajstić information content (AvgIpc) is 2.59. The van der Waals surface area contributed by atoms with Crippen LogP contribution in [-0.2, 0) is 9.59 Å². The van der Waals surface area contributed by atoms with Crippen LogP contribution in [0.25, 0.3) is 5.41 Å². The lowest BCUT2D eigenvalue weighted by atomic mass is 10.1. The quantitative estimate of drug-likeness (QED) is 0.241. The summed E-state index contributed by atoms with van der Waals surface area (Å²) in [7, 11) is 0. The van der Waals surface area contributed by atoms with Gasteiger partial charge in [-0.1, -0.05) is 5.76 Å². The van der Waals surface area contributed by atoms with Gasteiger partial charge in [-0.25, -0.2) is 5.87 Å². The third-order valence-electron chi connectivity index (χ3n) is 2.06. The predicted octanol–water partition coefficient (Wildman–Crippen LogP) is -1.21. The van der Waals surface area contributed by atoms with Crippen LogP contribution in [0, 0.1) is 34.0 Å². The number of hydrogen-bond acceptors (Lipinski definition) is 6. The first-order chi connectivity index (χ1) is 8.53. The molecule has 0 aliphatic heterocycles. The molecule has 7 nitrogen and oxygen atoms in total. The van der Waals surface area contributed by atoms with Gasteiger partial charge in [-0.15, -0.1) is 0 Å². The molecule has 0 N–H and O–H groups in total. The smallest absolute Gasteiger partial charge is 0.235 e. The van der Waals surface area contributed by atoms with Gasteiger partial charge in [-0.05, 0) is 0 Å². The van der Waals surface area contributed by atoms with Crippen LogP contribution in [0.4, 0.5) is 0 Å². The van der Waals surface area contributed by atoms with Crippen molar-refractivity contribution in [1.82, 2.24) is 0 Å². The summed E-state index contributed by atoms with van der Waals surface area (Å²) in [6.07, 6.45) is 0. The summed E-state index contributed by atoms with van der Waals surface area (Å²) in [5.41, 5.74) is -3.40. The molecule has 1 aliphatic rings. The zero-order valence-electron chi connectivity index (χ0n) is 8.51. The van der Waals surface area contributed by atoms with Crippen molar-refractivity contribution in [3.63, 3.8) is 0 Å². The maximum atomic E-state index is 11.7. The lowest BCUT2D eigenvalue weighted by Crippen LogP contribution is -2.12. The Hall–Kier alpha value is -3.46. The molecule has 0 bridgehead atoms. The van der Waals surface area contributed by atoms with E-state index in [9.17, 15) is 14.7 Å². The van der Waals surface area contributed by atoms with Crippen LogP contribution in [-0.4, -0.2) is 17.4 Å². The monoisotopic (exact) mass is 236 g/mol. The molecule has 0 atom stereocenters. The van der Waals surface area contributed by atoms with Crippen molar-refractivity contribution in [2.24, 2.45) is 0 Å². The fourth-order valence-electron chi connectivity index (χ4n) is 1.29. The third kappa shape index (κ3) is 1.58. The lowest BCUT2D eigenvalue weighted by Gasteiger charge is -2.09. The van der Waals surface area contributed by atoms with Crippen molar-refractivity contribution in [2.75, 3.05) is 0 Å². The molecule has 0 fully saturated rings. The maximum Gasteiger partial charge on any atom is 0.235 e. The van der Waals surface area contributed by atoms with Gasteiger partial charge in [0.15, 0.2) is 0 Å². The van der Waals surface area contributed by atoms with Gasteiger partial charge in [-0.2, -0.15) is 15.8 Å². The molecule has 0 aromatic heterocycles. The molecular formula is C11N4O3-2. The normalized spacial score (nSPS) is 13.5. The number of ketones is 2. The van der Waals surface area contributed by atoms with Crippen molar-refractivity contribution >= 4 is 17.4 Å². The standard InChI is InChI=1S/C11HN4O3/c12-1-5(2-13)7-9(16)8(6(3-14)4-15)11(18)10(7)17/h16H/q-1/p-1. The Morgan fingerprint density at radius 3 is 2.00 bits per heavy atom. The lowest BCUT2D eigenvalue weighted by molar-refractivity contribution is -0.297. The Balaban J connectivity index is 3.74. The van der Waals surface area contributed by atoms with Gasteiger partial charge in [0.05, 0.1) is 5.57 Å². The first kappa shape index (κ1) is 12.6. The summed E-state index contributed by atoms with van der Waals surface area (Å²) in [5.74, 6) is -2.63. The molecule has 0 radical (unpaired) electrons. The largest absolute Gasteiger partial charge is 0.871 e. The Morgan fingerprint density at radius 1 is 1.06 bits per heavy atom. The van der Waals surface area contributed by atoms with E-state index in [4.69, 9.17) is 21.2 Å². The number of carbonyl (C=O) groups is 2. The third-order valence-corrected chi connectivity index (χ3v) is 2.06. The minimum atomic E-state index is -1.35. The van der Waals surface area contributed by atoms with Crippen LogP contribution in [0.15, 0.2) is 28.1 Å². The topological polar surface area (TPSA) is 151 Å². The molecule has 7 heteroatoms. The minimum absolute atomic E-state index is 0.816. The van der Waals surface area contributed by atoms with Crippen molar-refractivity contribution < 1.29 is 14.7 Å². The molecule has 0 amide bonds. The highest BCUT2D eigenvalue weighted by Gasteiger charge is 2.35. The van der Waals surface area contributed by atoms with Crippen LogP contribution in [0.5, 0.6) is 0 Å². The fraction of sp³-hybridized carbons (Fsp3) is 0. The van der Waals surface area contributed by atoms with E-state index in [0.717, 1.165) is 0 Å². The highest BCUT2D eigenvalue weighted by molar-refractivity contribution is 6.54. The van der Waals surface area contributed by atoms with Crippen LogP contribution >= 0.6 is 0 Å². The maximum absolute atomic E-state index is 11.7. The van der Waals surface area contributed by atoms with Gasteiger partial charge < -0.3 is 10.5 Å². The van der Waals surface area contributed by atoms with E-state index in [-0.39, 0.29) is 0 Å². The van der Waals surface area contributed by atoms with Gasteiger partial charge in [0.1, 0.15) is 23.8 Å². The number of rotatable bonds is 1. The van der Waals surface area contributed by atoms with Crippen molar-refractivity contribution in [1.29, 1.82) is 15.8 Å². The van der Waals surface area contributed by atoms with Crippen molar-refractivity contribution in [3.8, 4) is 18.2 Å². The zero-order chi connectivity index (χ0) is 13.9. The van der Waals surface area contributed by atoms with Gasteiger partial charge in [0.2, 0.25) is 11.6 Å². The summed E-state index contributed by atoms with van der Waals surface area (Å²) in [6.45, 7) is 0. The van der Waals surface area contributed by atoms with E-state index in [1.54, 1.807) is 0 Å². The Morgan fingerprint density at radius 2 is 1.61 bits per heavy atom. The van der Waals surface area contributed by atoms with E-state index in [0.29, 0.717) is 0 Å². The number of carbonyl (C=O) groups excluding carboxylic acids is 2. The summed E-state index contributed by atoms with van der Waals surface area (Å²) < 4.78 is 0. The number of Topliss-reactive ketones (excluding diaryl/α,β-unsaturated/α-hetero) is 2. The SMILES string of the molecule is N#CC(=C=[N-])C1=C([O-])C(=C(C#N)C#N)C(=O)C1=O. The van der Waals surface area contributed by atoms with E-state index >= 15 is 0 Å². The zero-order valence-corrected chi connectivity index (χ0v) is 8.51. The molecular weight excluding hydrogens is 236 g/mol. The first-order valence-corrected chi connectivity index (χ1v) is 4.26. The number of nitrogens with zero attached hydrogens (tertiary/aromatic N) is 4. The molecule has 0 saturated carbocycles. The van der Waals surface area contributed by atoms with Crippen LogP contribution in [0.3, 0.4) is 0 Å². The predicted molar refractivity (Wildman–Crippen MR) is 52.8 cm³/mol. The van der Waals surface area contributed by atoms with E-state index in [1.807, 2.05) is 0 Å². The fourth-order valence-corrected chi connectivity index (χ4v) is 1.29. The molecule has 0 heterocycles. The number of nitriles is 3. The molecule has 18 heavy (non-hydrogen) atoms. The number of allylic oxidation sites excluding steroid dienone is 4. The summed E-state index contributed by atoms with van der Waals surface area (Å²) >= 11 is 0. The van der Waals surface area contributed by atoms with E-state index in [2.05, 4.69) is 0 Å². The van der Waals surface area contributed by atoms with Gasteiger partial charge in [0.25, 0.3) is 0 Å². The van der Waals surface area contributed by atoms with Crippen LogP contribution < -0.4 is 5.11 Å². The van der Waals surface area contributed by atoms with E-state index < -0.39 is 39.6 Å². The van der Waals surface area contributed by atoms with E-state index in [1.165, 1.54) is 24.1 Å². The molecule has 0 aromatic rings. The first-order valence-electron chi connectivity index (χ1n) is 4.26. The second-order valence-electron chi connectivity index (χ2n) is 2.93. The second kappa shape index (κ2) is 4.59.